The smallest absolute Gasteiger partial charge is 0.115 e. The van der Waals surface area contributed by atoms with Gasteiger partial charge in [-0.2, -0.15) is 0 Å². The minimum Gasteiger partial charge on any atom is -0.508 e. The van der Waals surface area contributed by atoms with Gasteiger partial charge in [0.15, 0.2) is 0 Å². The van der Waals surface area contributed by atoms with E-state index in [9.17, 15) is 0 Å². The largest absolute Gasteiger partial charge is 0.508 e. The zero-order valence-corrected chi connectivity index (χ0v) is 8.74. The number of benzene rings is 2. The molecular weight excluding hydrogens is 204 g/mol. The van der Waals surface area contributed by atoms with Gasteiger partial charge in [-0.3, -0.25) is 0 Å². The Morgan fingerprint density at radius 2 is 1.38 bits per heavy atom. The molecule has 0 atom stereocenters. The van der Waals surface area contributed by atoms with E-state index in [1.54, 1.807) is 42.5 Å². The minimum atomic E-state index is -0.0194. The van der Waals surface area contributed by atoms with Gasteiger partial charge in [-0.05, 0) is 29.8 Å². The number of hydrogen-bond donors (Lipinski definition) is 3. The summed E-state index contributed by atoms with van der Waals surface area (Å²) in [6.07, 6.45) is 0. The number of phenols is 2. The Labute approximate surface area is 94.2 Å². The Hall–Kier alpha value is -2.00. The number of phenolic OH excluding ortho intramolecular Hbond substituents is 2. The van der Waals surface area contributed by atoms with Crippen molar-refractivity contribution in [3.63, 3.8) is 0 Å². The fourth-order valence-corrected chi connectivity index (χ4v) is 1.08. The predicted molar refractivity (Wildman–Crippen MR) is 62.1 cm³/mol. The average molecular weight is 218 g/mol. The normalized spacial score (nSPS) is 9.06. The molecule has 0 radical (unpaired) electrons. The summed E-state index contributed by atoms with van der Waals surface area (Å²) in [5.74, 6) is 0.518. The van der Waals surface area contributed by atoms with Gasteiger partial charge < -0.3 is 15.3 Å². The highest BCUT2D eigenvalue weighted by Gasteiger charge is 1.88. The van der Waals surface area contributed by atoms with Crippen LogP contribution in [-0.4, -0.2) is 15.3 Å². The molecule has 2 rings (SSSR count). The molecule has 0 bridgehead atoms. The van der Waals surface area contributed by atoms with Crippen LogP contribution in [0.25, 0.3) is 0 Å². The first kappa shape index (κ1) is 12.1. The Bertz CT molecular complexity index is 413. The van der Waals surface area contributed by atoms with Crippen LogP contribution in [0.4, 0.5) is 0 Å². The van der Waals surface area contributed by atoms with E-state index in [-0.39, 0.29) is 12.4 Å². The molecular formula is C13H14O3. The van der Waals surface area contributed by atoms with E-state index >= 15 is 0 Å². The summed E-state index contributed by atoms with van der Waals surface area (Å²) in [6.45, 7) is -0.0194. The standard InChI is InChI=1S/C7H8O2.C6H6O/c8-5-6-2-1-3-7(9)4-6;7-6-4-2-1-3-5-6/h1-4,8-9H,5H2;1-5,7H. The number of rotatable bonds is 1. The van der Waals surface area contributed by atoms with Crippen molar-refractivity contribution in [1.82, 2.24) is 0 Å². The van der Waals surface area contributed by atoms with Crippen LogP contribution in [0.2, 0.25) is 0 Å². The second-order valence-corrected chi connectivity index (χ2v) is 3.16. The number of hydrogen-bond acceptors (Lipinski definition) is 3. The molecule has 84 valence electrons. The van der Waals surface area contributed by atoms with E-state index in [0.29, 0.717) is 5.75 Å². The first-order chi connectivity index (χ1) is 7.72. The highest BCUT2D eigenvalue weighted by molar-refractivity contribution is 5.26. The van der Waals surface area contributed by atoms with E-state index < -0.39 is 0 Å². The fraction of sp³-hybridized carbons (Fsp3) is 0.0769. The summed E-state index contributed by atoms with van der Waals surface area (Å²) in [5, 5.41) is 26.0. The van der Waals surface area contributed by atoms with Gasteiger partial charge in [-0.25, -0.2) is 0 Å². The molecule has 0 aliphatic rings. The zero-order valence-electron chi connectivity index (χ0n) is 8.74. The van der Waals surface area contributed by atoms with Gasteiger partial charge in [0.25, 0.3) is 0 Å². The van der Waals surface area contributed by atoms with Crippen molar-refractivity contribution < 1.29 is 15.3 Å². The average Bonchev–Trinajstić information content (AvgIpc) is 2.31. The summed E-state index contributed by atoms with van der Waals surface area (Å²) in [6, 6.07) is 15.3. The molecule has 0 saturated heterocycles. The quantitative estimate of drug-likeness (QED) is 0.688. The van der Waals surface area contributed by atoms with Crippen LogP contribution in [0.1, 0.15) is 5.56 Å². The number of aromatic hydroxyl groups is 2. The third kappa shape index (κ3) is 4.48. The maximum atomic E-state index is 8.83. The Morgan fingerprint density at radius 3 is 1.75 bits per heavy atom. The third-order valence-corrected chi connectivity index (χ3v) is 1.85. The Morgan fingerprint density at radius 1 is 0.750 bits per heavy atom. The van der Waals surface area contributed by atoms with Crippen molar-refractivity contribution in [2.45, 2.75) is 6.61 Å². The fourth-order valence-electron chi connectivity index (χ4n) is 1.08. The summed E-state index contributed by atoms with van der Waals surface area (Å²) in [5.41, 5.74) is 0.731. The van der Waals surface area contributed by atoms with Gasteiger partial charge in [0.1, 0.15) is 11.5 Å². The molecule has 0 amide bonds. The van der Waals surface area contributed by atoms with Crippen molar-refractivity contribution in [2.75, 3.05) is 0 Å². The Balaban J connectivity index is 0.000000165. The van der Waals surface area contributed by atoms with E-state index in [2.05, 4.69) is 0 Å². The molecule has 0 heterocycles. The maximum Gasteiger partial charge on any atom is 0.115 e. The summed E-state index contributed by atoms with van der Waals surface area (Å²) in [7, 11) is 0. The molecule has 2 aromatic carbocycles. The van der Waals surface area contributed by atoms with Crippen LogP contribution in [0, 0.1) is 0 Å². The summed E-state index contributed by atoms with van der Waals surface area (Å²) < 4.78 is 0. The van der Waals surface area contributed by atoms with Crippen LogP contribution in [0.3, 0.4) is 0 Å². The molecule has 16 heavy (non-hydrogen) atoms. The van der Waals surface area contributed by atoms with Crippen molar-refractivity contribution in [3.05, 3.63) is 60.2 Å². The molecule has 0 aliphatic carbocycles. The van der Waals surface area contributed by atoms with Crippen molar-refractivity contribution in [2.24, 2.45) is 0 Å². The molecule has 0 spiro atoms. The van der Waals surface area contributed by atoms with Crippen molar-refractivity contribution >= 4 is 0 Å². The number of aliphatic hydroxyl groups is 1. The lowest BCUT2D eigenvalue weighted by Gasteiger charge is -1.93. The van der Waals surface area contributed by atoms with Crippen molar-refractivity contribution in [1.29, 1.82) is 0 Å². The van der Waals surface area contributed by atoms with Gasteiger partial charge >= 0.3 is 0 Å². The second-order valence-electron chi connectivity index (χ2n) is 3.16. The molecule has 0 aliphatic heterocycles. The minimum absolute atomic E-state index is 0.0194. The second kappa shape index (κ2) is 6.48. The first-order valence-electron chi connectivity index (χ1n) is 4.85. The predicted octanol–water partition coefficient (Wildman–Crippen LogP) is 2.28. The molecule has 0 saturated carbocycles. The molecule has 3 heteroatoms. The monoisotopic (exact) mass is 218 g/mol. The van der Waals surface area contributed by atoms with E-state index in [4.69, 9.17) is 15.3 Å². The van der Waals surface area contributed by atoms with Crippen LogP contribution in [-0.2, 0) is 6.61 Å². The van der Waals surface area contributed by atoms with Crippen LogP contribution >= 0.6 is 0 Å². The third-order valence-electron chi connectivity index (χ3n) is 1.85. The number of aliphatic hydroxyl groups excluding tert-OH is 1. The molecule has 0 aromatic heterocycles. The number of para-hydroxylation sites is 1. The van der Waals surface area contributed by atoms with Gasteiger partial charge in [0.2, 0.25) is 0 Å². The van der Waals surface area contributed by atoms with Gasteiger partial charge in [0.05, 0.1) is 6.61 Å². The maximum absolute atomic E-state index is 8.83. The van der Waals surface area contributed by atoms with Crippen LogP contribution < -0.4 is 0 Å². The van der Waals surface area contributed by atoms with Crippen molar-refractivity contribution in [3.8, 4) is 11.5 Å². The lowest BCUT2D eigenvalue weighted by Crippen LogP contribution is -1.79. The first-order valence-corrected chi connectivity index (χ1v) is 4.85. The summed E-state index contributed by atoms with van der Waals surface area (Å²) >= 11 is 0. The van der Waals surface area contributed by atoms with Gasteiger partial charge in [-0.1, -0.05) is 30.3 Å². The van der Waals surface area contributed by atoms with Crippen LogP contribution in [0.15, 0.2) is 54.6 Å². The van der Waals surface area contributed by atoms with Gasteiger partial charge in [0, 0.05) is 0 Å². The molecule has 3 nitrogen and oxygen atoms in total. The van der Waals surface area contributed by atoms with Gasteiger partial charge in [-0.15, -0.1) is 0 Å². The summed E-state index contributed by atoms with van der Waals surface area (Å²) in [4.78, 5) is 0. The van der Waals surface area contributed by atoms with E-state index in [1.165, 1.54) is 6.07 Å². The van der Waals surface area contributed by atoms with E-state index in [1.807, 2.05) is 6.07 Å². The zero-order chi connectivity index (χ0) is 11.8. The molecule has 0 fully saturated rings. The topological polar surface area (TPSA) is 60.7 Å². The Kier molecular flexibility index (Phi) is 4.89. The molecule has 3 N–H and O–H groups in total. The lowest BCUT2D eigenvalue weighted by atomic mass is 10.2. The molecule has 0 unspecified atom stereocenters. The molecule has 2 aromatic rings. The highest BCUT2D eigenvalue weighted by Crippen LogP contribution is 2.09. The SMILES string of the molecule is OCc1cccc(O)c1.Oc1ccccc1. The van der Waals surface area contributed by atoms with E-state index in [0.717, 1.165) is 5.56 Å². The van der Waals surface area contributed by atoms with Crippen LogP contribution in [0.5, 0.6) is 11.5 Å². The lowest BCUT2D eigenvalue weighted by molar-refractivity contribution is 0.281. The highest BCUT2D eigenvalue weighted by atomic mass is 16.3.